The first kappa shape index (κ1) is 13.2. The third kappa shape index (κ3) is 2.56. The Bertz CT molecular complexity index is 605. The van der Waals surface area contributed by atoms with Gasteiger partial charge in [-0.2, -0.15) is 0 Å². The fourth-order valence-corrected chi connectivity index (χ4v) is 3.04. The van der Waals surface area contributed by atoms with E-state index in [1.165, 1.54) is 16.5 Å². The third-order valence-electron chi connectivity index (χ3n) is 4.04. The summed E-state index contributed by atoms with van der Waals surface area (Å²) in [6, 6.07) is 8.44. The van der Waals surface area contributed by atoms with E-state index >= 15 is 0 Å². The number of nitrogens with one attached hydrogen (secondary N) is 1. The predicted molar refractivity (Wildman–Crippen MR) is 78.6 cm³/mol. The van der Waals surface area contributed by atoms with Crippen molar-refractivity contribution in [2.24, 2.45) is 5.92 Å². The molecular formula is C16H20N2O2. The fourth-order valence-electron chi connectivity index (χ4n) is 3.04. The van der Waals surface area contributed by atoms with E-state index in [0.717, 1.165) is 13.0 Å². The van der Waals surface area contributed by atoms with Crippen molar-refractivity contribution in [1.82, 2.24) is 9.88 Å². The number of methoxy groups -OCH3 is 1. The summed E-state index contributed by atoms with van der Waals surface area (Å²) in [6.07, 6.45) is 3.58. The zero-order chi connectivity index (χ0) is 13.9. The highest BCUT2D eigenvalue weighted by atomic mass is 16.5. The average molecular weight is 272 g/mol. The zero-order valence-electron chi connectivity index (χ0n) is 11.8. The molecule has 2 aromatic rings. The van der Waals surface area contributed by atoms with Gasteiger partial charge in [-0.05, 0) is 29.4 Å². The van der Waals surface area contributed by atoms with Crippen LogP contribution in [0.4, 0.5) is 0 Å². The molecule has 4 heteroatoms. The Hall–Kier alpha value is -1.81. The number of aromatic amines is 1. The standard InChI is InChI=1S/C16H20N2O2/c1-20-8-7-18-11-12(10-15(18)19)9-14-4-2-3-13-5-6-17-16(13)14/h2-6,12,17H,7-11H2,1H3/t12-/m0/s1. The van der Waals surface area contributed by atoms with Crippen LogP contribution in [0.1, 0.15) is 12.0 Å². The van der Waals surface area contributed by atoms with Crippen LogP contribution in [0.3, 0.4) is 0 Å². The van der Waals surface area contributed by atoms with Crippen molar-refractivity contribution in [3.05, 3.63) is 36.0 Å². The Kier molecular flexibility index (Phi) is 3.74. The van der Waals surface area contributed by atoms with E-state index in [-0.39, 0.29) is 5.91 Å². The van der Waals surface area contributed by atoms with Gasteiger partial charge in [-0.25, -0.2) is 0 Å². The Morgan fingerprint density at radius 1 is 1.40 bits per heavy atom. The molecule has 1 saturated heterocycles. The van der Waals surface area contributed by atoms with Gasteiger partial charge in [0.1, 0.15) is 0 Å². The molecule has 0 spiro atoms. The molecule has 0 saturated carbocycles. The van der Waals surface area contributed by atoms with Crippen LogP contribution in [-0.2, 0) is 16.0 Å². The van der Waals surface area contributed by atoms with Crippen molar-refractivity contribution in [2.75, 3.05) is 26.8 Å². The van der Waals surface area contributed by atoms with Crippen molar-refractivity contribution < 1.29 is 9.53 Å². The van der Waals surface area contributed by atoms with E-state index in [4.69, 9.17) is 4.74 Å². The lowest BCUT2D eigenvalue weighted by molar-refractivity contribution is -0.128. The van der Waals surface area contributed by atoms with Gasteiger partial charge in [0, 0.05) is 38.3 Å². The summed E-state index contributed by atoms with van der Waals surface area (Å²) in [6.45, 7) is 2.17. The quantitative estimate of drug-likeness (QED) is 0.907. The normalized spacial score (nSPS) is 19.1. The number of H-pyrrole nitrogens is 1. The third-order valence-corrected chi connectivity index (χ3v) is 4.04. The molecular weight excluding hydrogens is 252 g/mol. The molecule has 1 aliphatic rings. The average Bonchev–Trinajstić information content (AvgIpc) is 3.04. The Morgan fingerprint density at radius 3 is 3.15 bits per heavy atom. The molecule has 1 aliphatic heterocycles. The second-order valence-electron chi connectivity index (χ2n) is 5.47. The van der Waals surface area contributed by atoms with E-state index in [1.807, 2.05) is 11.1 Å². The van der Waals surface area contributed by atoms with Gasteiger partial charge in [0.05, 0.1) is 6.61 Å². The maximum absolute atomic E-state index is 12.0. The molecule has 106 valence electrons. The minimum Gasteiger partial charge on any atom is -0.383 e. The van der Waals surface area contributed by atoms with Crippen molar-refractivity contribution >= 4 is 16.8 Å². The van der Waals surface area contributed by atoms with Crippen LogP contribution in [0, 0.1) is 5.92 Å². The first-order valence-electron chi connectivity index (χ1n) is 7.09. The van der Waals surface area contributed by atoms with Crippen LogP contribution in [0.25, 0.3) is 10.9 Å². The molecule has 1 amide bonds. The molecule has 3 rings (SSSR count). The van der Waals surface area contributed by atoms with Gasteiger partial charge < -0.3 is 14.6 Å². The molecule has 0 unspecified atom stereocenters. The Balaban J connectivity index is 1.70. The van der Waals surface area contributed by atoms with Crippen LogP contribution < -0.4 is 0 Å². The van der Waals surface area contributed by atoms with Crippen LogP contribution in [-0.4, -0.2) is 42.6 Å². The number of hydrogen-bond donors (Lipinski definition) is 1. The topological polar surface area (TPSA) is 45.3 Å². The lowest BCUT2D eigenvalue weighted by Gasteiger charge is -2.16. The summed E-state index contributed by atoms with van der Waals surface area (Å²) >= 11 is 0. The maximum Gasteiger partial charge on any atom is 0.223 e. The zero-order valence-corrected chi connectivity index (χ0v) is 11.8. The molecule has 1 aromatic carbocycles. The molecule has 0 aliphatic carbocycles. The predicted octanol–water partition coefficient (Wildman–Crippen LogP) is 2.21. The summed E-state index contributed by atoms with van der Waals surface area (Å²) in [7, 11) is 1.67. The Labute approximate surface area is 118 Å². The number of likely N-dealkylation sites (tertiary alicyclic amines) is 1. The summed E-state index contributed by atoms with van der Waals surface area (Å²) in [5, 5.41) is 1.24. The summed E-state index contributed by atoms with van der Waals surface area (Å²) in [4.78, 5) is 17.2. The lowest BCUT2D eigenvalue weighted by atomic mass is 9.97. The SMILES string of the molecule is COCCN1C[C@@H](Cc2cccc3cc[nH]c23)CC1=O. The number of nitrogens with zero attached hydrogens (tertiary/aromatic N) is 1. The monoisotopic (exact) mass is 272 g/mol. The van der Waals surface area contributed by atoms with Crippen LogP contribution in [0.2, 0.25) is 0 Å². The second-order valence-corrected chi connectivity index (χ2v) is 5.47. The van der Waals surface area contributed by atoms with Crippen molar-refractivity contribution in [1.29, 1.82) is 0 Å². The first-order chi connectivity index (χ1) is 9.78. The van der Waals surface area contributed by atoms with Gasteiger partial charge in [0.15, 0.2) is 0 Å². The first-order valence-corrected chi connectivity index (χ1v) is 7.09. The highest BCUT2D eigenvalue weighted by molar-refractivity contribution is 5.83. The molecule has 4 nitrogen and oxygen atoms in total. The smallest absolute Gasteiger partial charge is 0.223 e. The minimum absolute atomic E-state index is 0.255. The van der Waals surface area contributed by atoms with Gasteiger partial charge in [-0.15, -0.1) is 0 Å². The maximum atomic E-state index is 12.0. The van der Waals surface area contributed by atoms with E-state index in [9.17, 15) is 4.79 Å². The van der Waals surface area contributed by atoms with E-state index in [1.54, 1.807) is 7.11 Å². The molecule has 2 heterocycles. The van der Waals surface area contributed by atoms with E-state index in [2.05, 4.69) is 29.2 Å². The Morgan fingerprint density at radius 2 is 2.30 bits per heavy atom. The molecule has 0 radical (unpaired) electrons. The number of fused-ring (bicyclic) bond motifs is 1. The summed E-state index contributed by atoms with van der Waals surface area (Å²) in [5.74, 6) is 0.666. The number of hydrogen-bond acceptors (Lipinski definition) is 2. The summed E-state index contributed by atoms with van der Waals surface area (Å²) < 4.78 is 5.05. The molecule has 20 heavy (non-hydrogen) atoms. The highest BCUT2D eigenvalue weighted by Gasteiger charge is 2.29. The van der Waals surface area contributed by atoms with Gasteiger partial charge in [0.2, 0.25) is 5.91 Å². The van der Waals surface area contributed by atoms with Gasteiger partial charge in [-0.1, -0.05) is 18.2 Å². The van der Waals surface area contributed by atoms with E-state index in [0.29, 0.717) is 25.5 Å². The number of carbonyl (C=O) groups is 1. The van der Waals surface area contributed by atoms with Crippen molar-refractivity contribution in [3.63, 3.8) is 0 Å². The van der Waals surface area contributed by atoms with Crippen LogP contribution in [0.5, 0.6) is 0 Å². The number of benzene rings is 1. The van der Waals surface area contributed by atoms with Crippen molar-refractivity contribution in [2.45, 2.75) is 12.8 Å². The number of para-hydroxylation sites is 1. The number of aromatic nitrogens is 1. The van der Waals surface area contributed by atoms with Gasteiger partial charge >= 0.3 is 0 Å². The van der Waals surface area contributed by atoms with Crippen LogP contribution >= 0.6 is 0 Å². The number of carbonyl (C=O) groups excluding carboxylic acids is 1. The largest absolute Gasteiger partial charge is 0.383 e. The number of ether oxygens (including phenoxy) is 1. The van der Waals surface area contributed by atoms with Crippen LogP contribution in [0.15, 0.2) is 30.5 Å². The molecule has 1 atom stereocenters. The minimum atomic E-state index is 0.255. The molecule has 0 bridgehead atoms. The van der Waals surface area contributed by atoms with Gasteiger partial charge in [0.25, 0.3) is 0 Å². The highest BCUT2D eigenvalue weighted by Crippen LogP contribution is 2.25. The number of rotatable bonds is 5. The van der Waals surface area contributed by atoms with E-state index < -0.39 is 0 Å². The molecule has 1 N–H and O–H groups in total. The fraction of sp³-hybridized carbons (Fsp3) is 0.438. The molecule has 1 fully saturated rings. The molecule has 1 aromatic heterocycles. The van der Waals surface area contributed by atoms with Crippen molar-refractivity contribution in [3.8, 4) is 0 Å². The lowest BCUT2D eigenvalue weighted by Crippen LogP contribution is -2.28. The number of amides is 1. The van der Waals surface area contributed by atoms with Gasteiger partial charge in [-0.3, -0.25) is 4.79 Å². The summed E-state index contributed by atoms with van der Waals surface area (Å²) in [5.41, 5.74) is 2.51. The second kappa shape index (κ2) is 5.67.